The second-order valence-electron chi connectivity index (χ2n) is 6.18. The fourth-order valence-electron chi connectivity index (χ4n) is 3.76. The number of allylic oxidation sites excluding steroid dienone is 2. The molecule has 0 saturated carbocycles. The average Bonchev–Trinajstić information content (AvgIpc) is 3.04. The van der Waals surface area contributed by atoms with Gasteiger partial charge in [-0.2, -0.15) is 0 Å². The summed E-state index contributed by atoms with van der Waals surface area (Å²) in [5.41, 5.74) is 2.53. The summed E-state index contributed by atoms with van der Waals surface area (Å²) < 4.78 is 13.6. The van der Waals surface area contributed by atoms with Gasteiger partial charge in [-0.3, -0.25) is 10.1 Å². The molecular weight excluding hydrogens is 331 g/mol. The summed E-state index contributed by atoms with van der Waals surface area (Å²) in [4.78, 5) is 10.7. The van der Waals surface area contributed by atoms with E-state index < -0.39 is 4.92 Å². The molecule has 24 heavy (non-hydrogen) atoms. The highest BCUT2D eigenvalue weighted by atomic mass is 35.5. The number of hydrogen-bond donors (Lipinski definition) is 1. The van der Waals surface area contributed by atoms with Crippen LogP contribution in [0.5, 0.6) is 0 Å². The summed E-state index contributed by atoms with van der Waals surface area (Å²) in [6.45, 7) is 0. The molecule has 3 atom stereocenters. The minimum absolute atomic E-state index is 0.0843. The van der Waals surface area contributed by atoms with Crippen LogP contribution in [0.1, 0.15) is 29.5 Å². The molecule has 0 saturated heterocycles. The first kappa shape index (κ1) is 15.1. The Hall–Kier alpha value is -2.40. The van der Waals surface area contributed by atoms with Crippen molar-refractivity contribution < 1.29 is 9.31 Å². The van der Waals surface area contributed by atoms with E-state index in [1.807, 2.05) is 6.07 Å². The molecule has 1 aliphatic carbocycles. The second kappa shape index (κ2) is 5.60. The van der Waals surface area contributed by atoms with Gasteiger partial charge in [-0.15, -0.1) is 0 Å². The fourth-order valence-corrected chi connectivity index (χ4v) is 3.94. The van der Waals surface area contributed by atoms with E-state index in [2.05, 4.69) is 17.5 Å². The second-order valence-corrected chi connectivity index (χ2v) is 6.58. The van der Waals surface area contributed by atoms with Gasteiger partial charge in [-0.05, 0) is 47.7 Å². The number of halogens is 2. The van der Waals surface area contributed by atoms with Crippen molar-refractivity contribution in [3.8, 4) is 0 Å². The quantitative estimate of drug-likeness (QED) is 0.462. The molecule has 0 amide bonds. The van der Waals surface area contributed by atoms with Gasteiger partial charge in [-0.1, -0.05) is 29.8 Å². The molecule has 0 aromatic heterocycles. The molecule has 2 aromatic carbocycles. The lowest BCUT2D eigenvalue weighted by Crippen LogP contribution is -2.29. The number of anilines is 1. The minimum atomic E-state index is -0.470. The lowest BCUT2D eigenvalue weighted by atomic mass is 9.77. The molecule has 1 N–H and O–H groups in total. The summed E-state index contributed by atoms with van der Waals surface area (Å²) in [6.07, 6.45) is 5.03. The van der Waals surface area contributed by atoms with Gasteiger partial charge in [0.2, 0.25) is 0 Å². The number of nitro benzene ring substituents is 1. The molecule has 2 aliphatic rings. The summed E-state index contributed by atoms with van der Waals surface area (Å²) >= 11 is 5.92. The number of hydrogen-bond acceptors (Lipinski definition) is 3. The Morgan fingerprint density at radius 3 is 2.88 bits per heavy atom. The highest BCUT2D eigenvalue weighted by molar-refractivity contribution is 6.32. The van der Waals surface area contributed by atoms with E-state index in [9.17, 15) is 14.5 Å². The van der Waals surface area contributed by atoms with E-state index in [1.54, 1.807) is 18.2 Å². The van der Waals surface area contributed by atoms with E-state index in [4.69, 9.17) is 11.6 Å². The van der Waals surface area contributed by atoms with Crippen LogP contribution >= 0.6 is 11.6 Å². The van der Waals surface area contributed by atoms with Crippen molar-refractivity contribution in [1.29, 1.82) is 0 Å². The van der Waals surface area contributed by atoms with Crippen molar-refractivity contribution >= 4 is 23.0 Å². The molecule has 122 valence electrons. The first-order valence-electron chi connectivity index (χ1n) is 7.71. The topological polar surface area (TPSA) is 55.2 Å². The summed E-state index contributed by atoms with van der Waals surface area (Å²) in [7, 11) is 0. The van der Waals surface area contributed by atoms with Crippen molar-refractivity contribution in [3.63, 3.8) is 0 Å². The van der Waals surface area contributed by atoms with E-state index in [-0.39, 0.29) is 34.4 Å². The number of nitrogens with zero attached hydrogens (tertiary/aromatic N) is 1. The monoisotopic (exact) mass is 344 g/mol. The standard InChI is InChI=1S/C18H14ClFN2O2/c19-15-6-4-10(8-17(15)22(23)24)18-13-3-1-2-12(13)14-9-11(20)5-7-16(14)21-18/h1-2,4-9,12-13,18,21H,3H2/t12-,13+,18-/m0/s1. The van der Waals surface area contributed by atoms with Gasteiger partial charge in [0, 0.05) is 17.7 Å². The molecule has 4 rings (SSSR count). The lowest BCUT2D eigenvalue weighted by molar-refractivity contribution is -0.384. The zero-order chi connectivity index (χ0) is 16.8. The van der Waals surface area contributed by atoms with Gasteiger partial charge in [0.1, 0.15) is 10.8 Å². The van der Waals surface area contributed by atoms with Crippen LogP contribution in [0.25, 0.3) is 0 Å². The number of nitro groups is 1. The molecule has 0 spiro atoms. The summed E-state index contributed by atoms with van der Waals surface area (Å²) in [5, 5.41) is 14.7. The van der Waals surface area contributed by atoms with Crippen LogP contribution < -0.4 is 5.32 Å². The van der Waals surface area contributed by atoms with Crippen molar-refractivity contribution in [2.45, 2.75) is 18.4 Å². The van der Waals surface area contributed by atoms with Crippen LogP contribution in [0.15, 0.2) is 48.6 Å². The maximum atomic E-state index is 13.6. The molecule has 0 radical (unpaired) electrons. The van der Waals surface area contributed by atoms with E-state index in [0.717, 1.165) is 23.2 Å². The third-order valence-electron chi connectivity index (χ3n) is 4.85. The molecule has 0 fully saturated rings. The number of fused-ring (bicyclic) bond motifs is 3. The predicted molar refractivity (Wildman–Crippen MR) is 90.9 cm³/mol. The normalized spacial score (nSPS) is 24.2. The average molecular weight is 345 g/mol. The van der Waals surface area contributed by atoms with Crippen LogP contribution in [-0.2, 0) is 0 Å². The summed E-state index contributed by atoms with van der Waals surface area (Å²) in [5.74, 6) is 0.0481. The molecule has 2 aromatic rings. The van der Waals surface area contributed by atoms with Crippen molar-refractivity contribution in [2.24, 2.45) is 5.92 Å². The smallest absolute Gasteiger partial charge is 0.288 e. The van der Waals surface area contributed by atoms with Crippen LogP contribution in [0, 0.1) is 21.8 Å². The molecule has 0 bridgehead atoms. The first-order valence-corrected chi connectivity index (χ1v) is 8.09. The number of rotatable bonds is 2. The number of benzene rings is 2. The van der Waals surface area contributed by atoms with Gasteiger partial charge in [0.05, 0.1) is 11.0 Å². The molecule has 4 nitrogen and oxygen atoms in total. The maximum absolute atomic E-state index is 13.6. The van der Waals surface area contributed by atoms with Crippen molar-refractivity contribution in [2.75, 3.05) is 5.32 Å². The first-order chi connectivity index (χ1) is 11.5. The Bertz CT molecular complexity index is 868. The van der Waals surface area contributed by atoms with E-state index in [1.165, 1.54) is 12.1 Å². The zero-order valence-corrected chi connectivity index (χ0v) is 13.3. The van der Waals surface area contributed by atoms with Crippen LogP contribution in [0.3, 0.4) is 0 Å². The SMILES string of the molecule is O=[N+]([O-])c1cc([C@@H]2Nc3ccc(F)cc3[C@H]3C=CC[C@H]32)ccc1Cl. The Kier molecular flexibility index (Phi) is 3.53. The van der Waals surface area contributed by atoms with E-state index >= 15 is 0 Å². The Balaban J connectivity index is 1.79. The van der Waals surface area contributed by atoms with Crippen LogP contribution in [-0.4, -0.2) is 4.92 Å². The Morgan fingerprint density at radius 2 is 2.08 bits per heavy atom. The highest BCUT2D eigenvalue weighted by Gasteiger charge is 2.38. The van der Waals surface area contributed by atoms with Crippen LogP contribution in [0.4, 0.5) is 15.8 Å². The Labute approximate surface area is 143 Å². The zero-order valence-electron chi connectivity index (χ0n) is 12.6. The maximum Gasteiger partial charge on any atom is 0.288 e. The predicted octanol–water partition coefficient (Wildman–Crippen LogP) is 5.21. The van der Waals surface area contributed by atoms with Gasteiger partial charge in [0.15, 0.2) is 0 Å². The molecule has 1 heterocycles. The largest absolute Gasteiger partial charge is 0.378 e. The van der Waals surface area contributed by atoms with Gasteiger partial charge in [0.25, 0.3) is 5.69 Å². The Morgan fingerprint density at radius 1 is 1.25 bits per heavy atom. The third kappa shape index (κ3) is 2.36. The third-order valence-corrected chi connectivity index (χ3v) is 5.17. The highest BCUT2D eigenvalue weighted by Crippen LogP contribution is 2.50. The molecule has 6 heteroatoms. The van der Waals surface area contributed by atoms with Gasteiger partial charge < -0.3 is 5.32 Å². The van der Waals surface area contributed by atoms with Crippen molar-refractivity contribution in [3.05, 3.63) is 80.6 Å². The van der Waals surface area contributed by atoms with E-state index in [0.29, 0.717) is 0 Å². The lowest BCUT2D eigenvalue weighted by Gasteiger charge is -2.37. The van der Waals surface area contributed by atoms with Gasteiger partial charge in [-0.25, -0.2) is 4.39 Å². The summed E-state index contributed by atoms with van der Waals surface area (Å²) in [6, 6.07) is 9.54. The minimum Gasteiger partial charge on any atom is -0.378 e. The van der Waals surface area contributed by atoms with Crippen LogP contribution in [0.2, 0.25) is 5.02 Å². The van der Waals surface area contributed by atoms with Crippen molar-refractivity contribution in [1.82, 2.24) is 0 Å². The van der Waals surface area contributed by atoms with Gasteiger partial charge >= 0.3 is 0 Å². The molecular formula is C18H14ClFN2O2. The fraction of sp³-hybridized carbons (Fsp3) is 0.222. The molecule has 1 aliphatic heterocycles. The molecule has 0 unspecified atom stereocenters. The number of nitrogens with one attached hydrogen (secondary N) is 1.